The number of hydrogen-bond acceptors (Lipinski definition) is 6. The molecule has 1 aliphatic heterocycles. The molecule has 1 aliphatic rings. The van der Waals surface area contributed by atoms with E-state index in [9.17, 15) is 14.4 Å². The Morgan fingerprint density at radius 2 is 2.12 bits per heavy atom. The summed E-state index contributed by atoms with van der Waals surface area (Å²) in [5.41, 5.74) is 0.356. The van der Waals surface area contributed by atoms with Gasteiger partial charge in [0.25, 0.3) is 5.56 Å². The van der Waals surface area contributed by atoms with Gasteiger partial charge in [-0.25, -0.2) is 9.78 Å². The quantitative estimate of drug-likeness (QED) is 0.570. The van der Waals surface area contributed by atoms with Crippen molar-refractivity contribution in [1.29, 1.82) is 0 Å². The second-order valence-corrected chi connectivity index (χ2v) is 6.45. The zero-order chi connectivity index (χ0) is 17.8. The minimum atomic E-state index is -0.394. The lowest BCUT2D eigenvalue weighted by Gasteiger charge is -2.14. The average molecular weight is 362 g/mol. The zero-order valence-electron chi connectivity index (χ0n) is 13.5. The van der Waals surface area contributed by atoms with Crippen LogP contribution in [0, 0.1) is 0 Å². The maximum atomic E-state index is 12.7. The lowest BCUT2D eigenvalue weighted by molar-refractivity contribution is -0.124. The third-order valence-corrected chi connectivity index (χ3v) is 4.81. The number of para-hydroxylation sites is 1. The molecule has 1 aromatic carbocycles. The molecule has 0 bridgehead atoms. The number of benzene rings is 1. The number of aliphatic hydroxyl groups excluding tert-OH is 1. The molecule has 9 heteroatoms. The molecule has 3 rings (SSSR count). The van der Waals surface area contributed by atoms with E-state index in [2.05, 4.69) is 10.3 Å². The number of amides is 3. The van der Waals surface area contributed by atoms with Gasteiger partial charge >= 0.3 is 6.03 Å². The third kappa shape index (κ3) is 3.67. The van der Waals surface area contributed by atoms with Crippen molar-refractivity contribution in [2.75, 3.05) is 25.4 Å². The van der Waals surface area contributed by atoms with Crippen molar-refractivity contribution in [2.45, 2.75) is 18.1 Å². The number of aliphatic hydroxyl groups is 1. The fraction of sp³-hybridized carbons (Fsp3) is 0.375. The van der Waals surface area contributed by atoms with E-state index in [1.165, 1.54) is 4.57 Å². The summed E-state index contributed by atoms with van der Waals surface area (Å²) in [6.07, 6.45) is 0.413. The van der Waals surface area contributed by atoms with Crippen LogP contribution in [-0.4, -0.2) is 56.9 Å². The van der Waals surface area contributed by atoms with Gasteiger partial charge in [-0.15, -0.1) is 0 Å². The fourth-order valence-corrected chi connectivity index (χ4v) is 3.50. The van der Waals surface area contributed by atoms with E-state index >= 15 is 0 Å². The Bertz CT molecular complexity index is 867. The van der Waals surface area contributed by atoms with E-state index in [1.807, 2.05) is 0 Å². The molecule has 1 saturated heterocycles. The molecule has 25 heavy (non-hydrogen) atoms. The normalized spacial score (nSPS) is 14.1. The maximum absolute atomic E-state index is 12.7. The SMILES string of the molecule is O=C(CSc1nc2ccccc2c(=O)n1CCCO)N1CCNC1=O. The van der Waals surface area contributed by atoms with Crippen LogP contribution in [0.2, 0.25) is 0 Å². The topological polar surface area (TPSA) is 105 Å². The molecule has 0 saturated carbocycles. The van der Waals surface area contributed by atoms with Gasteiger partial charge in [-0.1, -0.05) is 23.9 Å². The number of nitrogens with one attached hydrogen (secondary N) is 1. The van der Waals surface area contributed by atoms with E-state index in [0.717, 1.165) is 16.7 Å². The average Bonchev–Trinajstić information content (AvgIpc) is 3.05. The summed E-state index contributed by atoms with van der Waals surface area (Å²) in [4.78, 5) is 42.1. The van der Waals surface area contributed by atoms with Crippen LogP contribution in [0.15, 0.2) is 34.2 Å². The van der Waals surface area contributed by atoms with Gasteiger partial charge in [0.15, 0.2) is 5.16 Å². The highest BCUT2D eigenvalue weighted by molar-refractivity contribution is 7.99. The molecule has 2 heterocycles. The minimum Gasteiger partial charge on any atom is -0.396 e. The summed E-state index contributed by atoms with van der Waals surface area (Å²) in [6, 6.07) is 6.61. The second-order valence-electron chi connectivity index (χ2n) is 5.51. The number of carbonyl (C=O) groups is 2. The molecule has 1 fully saturated rings. The number of thioether (sulfide) groups is 1. The Morgan fingerprint density at radius 1 is 1.32 bits per heavy atom. The Hall–Kier alpha value is -2.39. The van der Waals surface area contributed by atoms with Crippen molar-refractivity contribution in [2.24, 2.45) is 0 Å². The van der Waals surface area contributed by atoms with Gasteiger partial charge in [0.05, 0.1) is 16.7 Å². The van der Waals surface area contributed by atoms with Crippen LogP contribution in [0.25, 0.3) is 10.9 Å². The predicted octanol–water partition coefficient (Wildman–Crippen LogP) is 0.423. The van der Waals surface area contributed by atoms with E-state index in [-0.39, 0.29) is 23.8 Å². The number of aromatic nitrogens is 2. The molecule has 2 aromatic rings. The highest BCUT2D eigenvalue weighted by Crippen LogP contribution is 2.19. The van der Waals surface area contributed by atoms with E-state index in [0.29, 0.717) is 42.1 Å². The van der Waals surface area contributed by atoms with Crippen LogP contribution in [0.4, 0.5) is 4.79 Å². The van der Waals surface area contributed by atoms with Gasteiger partial charge in [-0.3, -0.25) is 19.1 Å². The van der Waals surface area contributed by atoms with Gasteiger partial charge in [0.1, 0.15) is 0 Å². The van der Waals surface area contributed by atoms with Crippen molar-refractivity contribution in [3.8, 4) is 0 Å². The molecule has 0 spiro atoms. The van der Waals surface area contributed by atoms with Crippen molar-refractivity contribution >= 4 is 34.6 Å². The first-order valence-corrected chi connectivity index (χ1v) is 8.92. The summed E-state index contributed by atoms with van der Waals surface area (Å²) < 4.78 is 1.47. The van der Waals surface area contributed by atoms with E-state index in [1.54, 1.807) is 24.3 Å². The van der Waals surface area contributed by atoms with Crippen molar-refractivity contribution in [3.05, 3.63) is 34.6 Å². The number of nitrogens with zero attached hydrogens (tertiary/aromatic N) is 3. The monoisotopic (exact) mass is 362 g/mol. The summed E-state index contributed by atoms with van der Waals surface area (Å²) in [7, 11) is 0. The second kappa shape index (κ2) is 7.66. The number of imide groups is 1. The first-order chi connectivity index (χ1) is 12.1. The molecule has 132 valence electrons. The van der Waals surface area contributed by atoms with Gasteiger partial charge in [0, 0.05) is 26.2 Å². The molecule has 0 unspecified atom stereocenters. The highest BCUT2D eigenvalue weighted by atomic mass is 32.2. The minimum absolute atomic E-state index is 0.0112. The number of hydrogen-bond donors (Lipinski definition) is 2. The summed E-state index contributed by atoms with van der Waals surface area (Å²) >= 11 is 1.12. The highest BCUT2D eigenvalue weighted by Gasteiger charge is 2.26. The molecule has 0 radical (unpaired) electrons. The molecule has 3 amide bonds. The Labute approximate surface area is 147 Å². The molecule has 1 aromatic heterocycles. The zero-order valence-corrected chi connectivity index (χ0v) is 14.3. The number of fused-ring (bicyclic) bond motifs is 1. The van der Waals surface area contributed by atoms with Gasteiger partial charge in [-0.2, -0.15) is 0 Å². The summed E-state index contributed by atoms with van der Waals surface area (Å²) in [6.45, 7) is 1.06. The summed E-state index contributed by atoms with van der Waals surface area (Å²) in [5, 5.41) is 12.5. The molecular formula is C16H18N4O4S. The van der Waals surface area contributed by atoms with Gasteiger partial charge < -0.3 is 10.4 Å². The molecular weight excluding hydrogens is 344 g/mol. The predicted molar refractivity (Wildman–Crippen MR) is 93.5 cm³/mol. The molecule has 0 aliphatic carbocycles. The lowest BCUT2D eigenvalue weighted by Crippen LogP contribution is -2.35. The van der Waals surface area contributed by atoms with Crippen LogP contribution in [0.3, 0.4) is 0 Å². The number of urea groups is 1. The van der Waals surface area contributed by atoms with Crippen LogP contribution in [-0.2, 0) is 11.3 Å². The number of rotatable bonds is 6. The van der Waals surface area contributed by atoms with Gasteiger partial charge in [-0.05, 0) is 18.6 Å². The largest absolute Gasteiger partial charge is 0.396 e. The summed E-state index contributed by atoms with van der Waals surface area (Å²) in [5.74, 6) is -0.312. The van der Waals surface area contributed by atoms with Crippen LogP contribution >= 0.6 is 11.8 Å². The standard InChI is InChI=1S/C16H18N4O4S/c21-9-3-7-20-14(23)11-4-1-2-5-12(11)18-16(20)25-10-13(22)19-8-6-17-15(19)24/h1-2,4-5,21H,3,6-10H2,(H,17,24). The molecule has 2 N–H and O–H groups in total. The van der Waals surface area contributed by atoms with Crippen molar-refractivity contribution < 1.29 is 14.7 Å². The Balaban J connectivity index is 1.87. The lowest BCUT2D eigenvalue weighted by atomic mass is 10.2. The molecule has 8 nitrogen and oxygen atoms in total. The fourth-order valence-electron chi connectivity index (χ4n) is 2.60. The molecule has 0 atom stereocenters. The van der Waals surface area contributed by atoms with Crippen LogP contribution < -0.4 is 10.9 Å². The first kappa shape index (κ1) is 17.4. The van der Waals surface area contributed by atoms with Crippen LogP contribution in [0.1, 0.15) is 6.42 Å². The van der Waals surface area contributed by atoms with Gasteiger partial charge in [0.2, 0.25) is 5.91 Å². The third-order valence-electron chi connectivity index (χ3n) is 3.85. The maximum Gasteiger partial charge on any atom is 0.324 e. The van der Waals surface area contributed by atoms with Crippen molar-refractivity contribution in [1.82, 2.24) is 19.8 Å². The first-order valence-electron chi connectivity index (χ1n) is 7.93. The smallest absolute Gasteiger partial charge is 0.324 e. The van der Waals surface area contributed by atoms with Crippen molar-refractivity contribution in [3.63, 3.8) is 0 Å². The Kier molecular flexibility index (Phi) is 5.34. The number of carbonyl (C=O) groups excluding carboxylic acids is 2. The van der Waals surface area contributed by atoms with E-state index < -0.39 is 6.03 Å². The van der Waals surface area contributed by atoms with E-state index in [4.69, 9.17) is 5.11 Å². The Morgan fingerprint density at radius 3 is 2.84 bits per heavy atom. The van der Waals surface area contributed by atoms with Crippen LogP contribution in [0.5, 0.6) is 0 Å².